The number of hydrogen-bond acceptors (Lipinski definition) is 2. The number of aryl methyl sites for hydroxylation is 1. The fraction of sp³-hybridized carbons (Fsp3) is 0.571. The molecule has 0 amide bonds. The van der Waals surface area contributed by atoms with Gasteiger partial charge >= 0.3 is 0 Å². The molecule has 0 heterocycles. The minimum Gasteiger partial charge on any atom is -0.312 e. The van der Waals surface area contributed by atoms with Crippen LogP contribution in [0.1, 0.15) is 37.9 Å². The summed E-state index contributed by atoms with van der Waals surface area (Å²) in [6.07, 6.45) is 0. The molecule has 0 aromatic heterocycles. The third-order valence-electron chi connectivity index (χ3n) is 2.70. The van der Waals surface area contributed by atoms with Crippen LogP contribution >= 0.6 is 11.8 Å². The van der Waals surface area contributed by atoms with Gasteiger partial charge < -0.3 is 5.32 Å². The first-order valence-corrected chi connectivity index (χ1v) is 6.88. The Bertz CT molecular complexity index is 305. The van der Waals surface area contributed by atoms with Crippen LogP contribution in [-0.4, -0.2) is 17.5 Å². The Kier molecular flexibility index (Phi) is 5.36. The van der Waals surface area contributed by atoms with Crippen LogP contribution in [0.15, 0.2) is 24.3 Å². The van der Waals surface area contributed by atoms with Gasteiger partial charge in [0.15, 0.2) is 0 Å². The van der Waals surface area contributed by atoms with Crippen molar-refractivity contribution in [3.05, 3.63) is 35.4 Å². The second kappa shape index (κ2) is 6.31. The highest BCUT2D eigenvalue weighted by Crippen LogP contribution is 2.28. The molecule has 1 aromatic carbocycles. The summed E-state index contributed by atoms with van der Waals surface area (Å²) in [6, 6.07) is 9.27. The van der Waals surface area contributed by atoms with Crippen molar-refractivity contribution in [1.29, 1.82) is 0 Å². The average Bonchev–Trinajstić information content (AvgIpc) is 2.21. The molecule has 2 unspecified atom stereocenters. The predicted molar refractivity (Wildman–Crippen MR) is 75.2 cm³/mol. The van der Waals surface area contributed by atoms with E-state index >= 15 is 0 Å². The molecule has 1 aromatic rings. The molecule has 2 atom stereocenters. The van der Waals surface area contributed by atoms with Gasteiger partial charge in [0.25, 0.3) is 0 Å². The van der Waals surface area contributed by atoms with Crippen molar-refractivity contribution in [3.63, 3.8) is 0 Å². The number of rotatable bonds is 5. The maximum atomic E-state index is 3.42. The Labute approximate surface area is 104 Å². The van der Waals surface area contributed by atoms with Crippen LogP contribution in [-0.2, 0) is 0 Å². The summed E-state index contributed by atoms with van der Waals surface area (Å²) in [5, 5.41) is 4.69. The number of hydrogen-bond donors (Lipinski definition) is 1. The van der Waals surface area contributed by atoms with E-state index in [1.807, 2.05) is 18.8 Å². The number of nitrogens with one attached hydrogen (secondary N) is 1. The van der Waals surface area contributed by atoms with Gasteiger partial charge in [0.05, 0.1) is 0 Å². The fourth-order valence-electron chi connectivity index (χ4n) is 1.95. The highest BCUT2D eigenvalue weighted by molar-refractivity contribution is 8.00. The van der Waals surface area contributed by atoms with Crippen molar-refractivity contribution in [3.8, 4) is 0 Å². The molecular formula is C14H23NS. The van der Waals surface area contributed by atoms with Gasteiger partial charge in [-0.25, -0.2) is 0 Å². The second-order valence-electron chi connectivity index (χ2n) is 4.57. The molecule has 0 aliphatic carbocycles. The largest absolute Gasteiger partial charge is 0.312 e. The summed E-state index contributed by atoms with van der Waals surface area (Å²) in [4.78, 5) is 0. The monoisotopic (exact) mass is 237 g/mol. The minimum atomic E-state index is 0.438. The van der Waals surface area contributed by atoms with E-state index < -0.39 is 0 Å². The van der Waals surface area contributed by atoms with Gasteiger partial charge in [-0.1, -0.05) is 50.6 Å². The molecule has 0 spiro atoms. The molecule has 1 nitrogen and oxygen atoms in total. The zero-order chi connectivity index (χ0) is 12.1. The van der Waals surface area contributed by atoms with E-state index in [-0.39, 0.29) is 0 Å². The smallest absolute Gasteiger partial charge is 0.0435 e. The van der Waals surface area contributed by atoms with E-state index in [4.69, 9.17) is 0 Å². The van der Waals surface area contributed by atoms with E-state index in [9.17, 15) is 0 Å². The van der Waals surface area contributed by atoms with E-state index in [0.717, 1.165) is 0 Å². The fourth-order valence-corrected chi connectivity index (χ4v) is 3.26. The van der Waals surface area contributed by atoms with Crippen molar-refractivity contribution < 1.29 is 0 Å². The molecule has 0 fully saturated rings. The topological polar surface area (TPSA) is 12.0 Å². The summed E-state index contributed by atoms with van der Waals surface area (Å²) >= 11 is 2.02. The van der Waals surface area contributed by atoms with Gasteiger partial charge in [0.1, 0.15) is 0 Å². The van der Waals surface area contributed by atoms with Crippen LogP contribution in [0.2, 0.25) is 0 Å². The molecule has 0 aliphatic heterocycles. The molecule has 1 rings (SSSR count). The summed E-state index contributed by atoms with van der Waals surface area (Å²) in [5.41, 5.74) is 2.71. The van der Waals surface area contributed by atoms with Crippen LogP contribution in [0.25, 0.3) is 0 Å². The van der Waals surface area contributed by atoms with E-state index in [1.54, 1.807) is 0 Å². The maximum absolute atomic E-state index is 3.42. The Balaban J connectivity index is 2.77. The molecule has 16 heavy (non-hydrogen) atoms. The van der Waals surface area contributed by atoms with Crippen molar-refractivity contribution in [2.75, 3.05) is 7.05 Å². The van der Waals surface area contributed by atoms with Crippen LogP contribution in [0.3, 0.4) is 0 Å². The molecule has 0 saturated heterocycles. The molecule has 1 N–H and O–H groups in total. The molecule has 0 radical (unpaired) electrons. The van der Waals surface area contributed by atoms with E-state index in [1.165, 1.54) is 11.1 Å². The van der Waals surface area contributed by atoms with Crippen molar-refractivity contribution in [1.82, 2.24) is 5.32 Å². The molecule has 0 saturated carbocycles. The number of thioether (sulfide) groups is 1. The summed E-state index contributed by atoms with van der Waals surface area (Å²) in [6.45, 7) is 8.93. The third-order valence-corrected chi connectivity index (χ3v) is 3.95. The van der Waals surface area contributed by atoms with Crippen LogP contribution < -0.4 is 5.32 Å². The minimum absolute atomic E-state index is 0.438. The van der Waals surface area contributed by atoms with Crippen LogP contribution in [0.5, 0.6) is 0 Å². The SMILES string of the molecule is CNC(c1ccc(C)cc1)C(C)SC(C)C. The summed E-state index contributed by atoms with van der Waals surface area (Å²) in [5.74, 6) is 0. The van der Waals surface area contributed by atoms with Crippen LogP contribution in [0, 0.1) is 6.92 Å². The Morgan fingerprint density at radius 2 is 1.62 bits per heavy atom. The highest BCUT2D eigenvalue weighted by Gasteiger charge is 2.18. The quantitative estimate of drug-likeness (QED) is 0.836. The van der Waals surface area contributed by atoms with Gasteiger partial charge in [0.2, 0.25) is 0 Å². The standard InChI is InChI=1S/C14H23NS/c1-10(2)16-12(4)14(15-5)13-8-6-11(3)7-9-13/h6-10,12,14-15H,1-5H3. The van der Waals surface area contributed by atoms with Crippen molar-refractivity contribution in [2.24, 2.45) is 0 Å². The van der Waals surface area contributed by atoms with Crippen molar-refractivity contribution >= 4 is 11.8 Å². The Hall–Kier alpha value is -0.470. The lowest BCUT2D eigenvalue weighted by molar-refractivity contribution is 0.588. The normalized spacial score (nSPS) is 15.1. The third kappa shape index (κ3) is 3.84. The molecule has 0 bridgehead atoms. The first-order valence-electron chi connectivity index (χ1n) is 5.94. The Morgan fingerprint density at radius 3 is 2.06 bits per heavy atom. The van der Waals surface area contributed by atoms with Gasteiger partial charge in [-0.2, -0.15) is 11.8 Å². The molecule has 90 valence electrons. The predicted octanol–water partition coefficient (Wildman–Crippen LogP) is 3.79. The maximum Gasteiger partial charge on any atom is 0.0435 e. The highest BCUT2D eigenvalue weighted by atomic mass is 32.2. The lowest BCUT2D eigenvalue weighted by Crippen LogP contribution is -2.26. The first kappa shape index (κ1) is 13.6. The molecule has 2 heteroatoms. The van der Waals surface area contributed by atoms with Gasteiger partial charge in [-0.05, 0) is 24.8 Å². The summed E-state index contributed by atoms with van der Waals surface area (Å²) in [7, 11) is 2.04. The summed E-state index contributed by atoms with van der Waals surface area (Å²) < 4.78 is 0. The molecule has 0 aliphatic rings. The zero-order valence-corrected chi connectivity index (χ0v) is 11.8. The zero-order valence-electron chi connectivity index (χ0n) is 10.9. The lowest BCUT2D eigenvalue weighted by Gasteiger charge is -2.25. The van der Waals surface area contributed by atoms with Gasteiger partial charge in [-0.3, -0.25) is 0 Å². The second-order valence-corrected chi connectivity index (χ2v) is 6.53. The van der Waals surface area contributed by atoms with E-state index in [0.29, 0.717) is 16.5 Å². The number of benzene rings is 1. The first-order chi connectivity index (χ1) is 7.54. The average molecular weight is 237 g/mol. The molecular weight excluding hydrogens is 214 g/mol. The lowest BCUT2D eigenvalue weighted by atomic mass is 10.0. The Morgan fingerprint density at radius 1 is 1.06 bits per heavy atom. The van der Waals surface area contributed by atoms with E-state index in [2.05, 4.69) is 57.3 Å². The van der Waals surface area contributed by atoms with Crippen LogP contribution in [0.4, 0.5) is 0 Å². The van der Waals surface area contributed by atoms with Crippen molar-refractivity contribution in [2.45, 2.75) is 44.2 Å². The van der Waals surface area contributed by atoms with Gasteiger partial charge in [0, 0.05) is 11.3 Å². The van der Waals surface area contributed by atoms with Gasteiger partial charge in [-0.15, -0.1) is 0 Å².